The standard InChI is InChI=1S/C21H25N3O3S2/c1-12-17(24-19(22-12)29-18(23-24)20(2,3)25)13-5-6-15(26-4)16(7-13)28-14-8-21(9-14)10-27-11-21/h5-7,14,25H,8-11H2,1-4H3. The number of nitrogens with zero attached hydrogens (tertiary/aromatic N) is 3. The lowest BCUT2D eigenvalue weighted by molar-refractivity contribution is -0.152. The van der Waals surface area contributed by atoms with Crippen molar-refractivity contribution < 1.29 is 14.6 Å². The van der Waals surface area contributed by atoms with Crippen molar-refractivity contribution >= 4 is 28.1 Å². The van der Waals surface area contributed by atoms with Gasteiger partial charge in [-0.3, -0.25) is 0 Å². The molecule has 1 saturated carbocycles. The van der Waals surface area contributed by atoms with Gasteiger partial charge in [0.1, 0.15) is 16.4 Å². The maximum absolute atomic E-state index is 10.3. The van der Waals surface area contributed by atoms with E-state index in [-0.39, 0.29) is 0 Å². The Morgan fingerprint density at radius 3 is 2.72 bits per heavy atom. The van der Waals surface area contributed by atoms with Gasteiger partial charge in [-0.2, -0.15) is 5.10 Å². The number of benzene rings is 1. The highest BCUT2D eigenvalue weighted by Gasteiger charge is 2.50. The van der Waals surface area contributed by atoms with Crippen LogP contribution in [0.5, 0.6) is 5.75 Å². The summed E-state index contributed by atoms with van der Waals surface area (Å²) >= 11 is 3.32. The van der Waals surface area contributed by atoms with Crippen LogP contribution in [0.2, 0.25) is 0 Å². The predicted octanol–water partition coefficient (Wildman–Crippen LogP) is 4.27. The van der Waals surface area contributed by atoms with Crippen LogP contribution >= 0.6 is 23.1 Å². The number of methoxy groups -OCH3 is 1. The van der Waals surface area contributed by atoms with Gasteiger partial charge >= 0.3 is 0 Å². The number of hydrogen-bond donors (Lipinski definition) is 1. The quantitative estimate of drug-likeness (QED) is 0.651. The molecule has 1 aliphatic carbocycles. The van der Waals surface area contributed by atoms with Crippen LogP contribution in [0.15, 0.2) is 23.1 Å². The molecule has 154 valence electrons. The minimum atomic E-state index is -0.983. The third-order valence-electron chi connectivity index (χ3n) is 5.77. The zero-order valence-corrected chi connectivity index (χ0v) is 18.7. The molecule has 29 heavy (non-hydrogen) atoms. The second-order valence-corrected chi connectivity index (χ2v) is 11.0. The van der Waals surface area contributed by atoms with E-state index in [2.05, 4.69) is 22.2 Å². The minimum Gasteiger partial charge on any atom is -0.496 e. The largest absolute Gasteiger partial charge is 0.496 e. The predicted molar refractivity (Wildman–Crippen MR) is 115 cm³/mol. The highest BCUT2D eigenvalue weighted by atomic mass is 32.2. The molecule has 1 aliphatic heterocycles. The summed E-state index contributed by atoms with van der Waals surface area (Å²) in [6.45, 7) is 7.34. The van der Waals surface area contributed by atoms with Crippen LogP contribution in [0.3, 0.4) is 0 Å². The third kappa shape index (κ3) is 3.26. The summed E-state index contributed by atoms with van der Waals surface area (Å²) in [4.78, 5) is 6.62. The van der Waals surface area contributed by atoms with Crippen molar-refractivity contribution in [3.63, 3.8) is 0 Å². The number of aliphatic hydroxyl groups is 1. The lowest BCUT2D eigenvalue weighted by Gasteiger charge is -2.53. The summed E-state index contributed by atoms with van der Waals surface area (Å²) in [7, 11) is 1.72. The Kier molecular flexibility index (Phi) is 4.47. The first-order chi connectivity index (χ1) is 13.8. The Labute approximate surface area is 178 Å². The fraction of sp³-hybridized carbons (Fsp3) is 0.524. The van der Waals surface area contributed by atoms with Gasteiger partial charge in [-0.25, -0.2) is 9.50 Å². The first kappa shape index (κ1) is 19.4. The highest BCUT2D eigenvalue weighted by molar-refractivity contribution is 8.00. The van der Waals surface area contributed by atoms with E-state index in [9.17, 15) is 5.11 Å². The second-order valence-electron chi connectivity index (χ2n) is 8.71. The molecule has 0 bridgehead atoms. The second kappa shape index (κ2) is 6.70. The van der Waals surface area contributed by atoms with Crippen LogP contribution in [0.1, 0.15) is 37.4 Å². The Morgan fingerprint density at radius 1 is 1.34 bits per heavy atom. The lowest BCUT2D eigenvalue weighted by atomic mass is 9.67. The van der Waals surface area contributed by atoms with Gasteiger partial charge in [0.2, 0.25) is 4.96 Å². The zero-order chi connectivity index (χ0) is 20.4. The Morgan fingerprint density at radius 2 is 2.10 bits per heavy atom. The normalized spacial score (nSPS) is 18.8. The van der Waals surface area contributed by atoms with E-state index in [4.69, 9.17) is 9.47 Å². The van der Waals surface area contributed by atoms with Crippen molar-refractivity contribution in [3.8, 4) is 17.0 Å². The van der Waals surface area contributed by atoms with Crippen molar-refractivity contribution in [1.29, 1.82) is 0 Å². The van der Waals surface area contributed by atoms with Crippen molar-refractivity contribution in [2.45, 2.75) is 49.4 Å². The molecular formula is C21H25N3O3S2. The minimum absolute atomic E-state index is 0.449. The number of thioether (sulfide) groups is 1. The molecule has 3 aromatic rings. The number of fused-ring (bicyclic) bond motifs is 1. The van der Waals surface area contributed by atoms with E-state index in [1.54, 1.807) is 21.0 Å². The Balaban J connectivity index is 1.49. The molecular weight excluding hydrogens is 406 g/mol. The topological polar surface area (TPSA) is 68.9 Å². The van der Waals surface area contributed by atoms with E-state index >= 15 is 0 Å². The van der Waals surface area contributed by atoms with Gasteiger partial charge in [0, 0.05) is 16.2 Å². The van der Waals surface area contributed by atoms with Crippen molar-refractivity contribution in [1.82, 2.24) is 14.6 Å². The third-order valence-corrected chi connectivity index (χ3v) is 8.23. The maximum Gasteiger partial charge on any atom is 0.213 e. The molecule has 8 heteroatoms. The molecule has 0 atom stereocenters. The molecule has 3 heterocycles. The van der Waals surface area contributed by atoms with Crippen LogP contribution in [0.4, 0.5) is 0 Å². The molecule has 2 fully saturated rings. The van der Waals surface area contributed by atoms with Crippen molar-refractivity contribution in [3.05, 3.63) is 28.9 Å². The average molecular weight is 432 g/mol. The number of aryl methyl sites for hydroxylation is 1. The van der Waals surface area contributed by atoms with Gasteiger partial charge < -0.3 is 14.6 Å². The van der Waals surface area contributed by atoms with E-state index < -0.39 is 5.60 Å². The van der Waals surface area contributed by atoms with Gasteiger partial charge in [-0.05, 0) is 51.8 Å². The average Bonchev–Trinajstić information content (AvgIpc) is 3.12. The maximum atomic E-state index is 10.3. The summed E-state index contributed by atoms with van der Waals surface area (Å²) in [5.74, 6) is 0.901. The lowest BCUT2D eigenvalue weighted by Crippen LogP contribution is -2.53. The molecule has 0 radical (unpaired) electrons. The number of imidazole rings is 1. The Hall–Kier alpha value is -1.61. The monoisotopic (exact) mass is 431 g/mol. The van der Waals surface area contributed by atoms with Crippen LogP contribution in [0.25, 0.3) is 16.2 Å². The zero-order valence-electron chi connectivity index (χ0n) is 17.1. The molecule has 1 saturated heterocycles. The SMILES string of the molecule is COc1ccc(-c2c(C)nc3sc(C(C)(C)O)nn23)cc1SC1CC2(COC2)C1. The number of ether oxygens (including phenoxy) is 2. The first-order valence-corrected chi connectivity index (χ1v) is 11.5. The van der Waals surface area contributed by atoms with E-state index in [0.717, 1.165) is 45.8 Å². The summed E-state index contributed by atoms with van der Waals surface area (Å²) in [5, 5.41) is 16.2. The van der Waals surface area contributed by atoms with Crippen LogP contribution < -0.4 is 4.74 Å². The van der Waals surface area contributed by atoms with E-state index in [1.165, 1.54) is 24.2 Å². The highest BCUT2D eigenvalue weighted by Crippen LogP contribution is 2.54. The molecule has 5 rings (SSSR count). The van der Waals surface area contributed by atoms with Crippen LogP contribution in [0, 0.1) is 12.3 Å². The number of aromatic nitrogens is 3. The smallest absolute Gasteiger partial charge is 0.213 e. The van der Waals surface area contributed by atoms with E-state index in [0.29, 0.717) is 15.7 Å². The number of hydrogen-bond acceptors (Lipinski definition) is 7. The summed E-state index contributed by atoms with van der Waals surface area (Å²) < 4.78 is 12.9. The summed E-state index contributed by atoms with van der Waals surface area (Å²) in [6.07, 6.45) is 2.42. The van der Waals surface area contributed by atoms with Crippen LogP contribution in [-0.2, 0) is 10.3 Å². The molecule has 1 N–H and O–H groups in total. The number of rotatable bonds is 5. The molecule has 2 aromatic heterocycles. The van der Waals surface area contributed by atoms with Gasteiger partial charge in [0.05, 0.1) is 36.6 Å². The molecule has 1 aromatic carbocycles. The van der Waals surface area contributed by atoms with Gasteiger partial charge in [0.15, 0.2) is 0 Å². The van der Waals surface area contributed by atoms with Crippen molar-refractivity contribution in [2.24, 2.45) is 5.41 Å². The Bertz CT molecular complexity index is 1070. The van der Waals surface area contributed by atoms with Crippen LogP contribution in [-0.4, -0.2) is 45.3 Å². The summed E-state index contributed by atoms with van der Waals surface area (Å²) in [6, 6.07) is 6.27. The van der Waals surface area contributed by atoms with Gasteiger partial charge in [-0.1, -0.05) is 11.3 Å². The van der Waals surface area contributed by atoms with Gasteiger partial charge in [-0.15, -0.1) is 11.8 Å². The summed E-state index contributed by atoms with van der Waals surface area (Å²) in [5.41, 5.74) is 2.43. The molecule has 0 unspecified atom stereocenters. The molecule has 0 amide bonds. The van der Waals surface area contributed by atoms with Crippen molar-refractivity contribution in [2.75, 3.05) is 20.3 Å². The first-order valence-electron chi connectivity index (χ1n) is 9.80. The molecule has 6 nitrogen and oxygen atoms in total. The van der Waals surface area contributed by atoms with E-state index in [1.807, 2.05) is 29.3 Å². The fourth-order valence-electron chi connectivity index (χ4n) is 4.14. The molecule has 2 aliphatic rings. The molecule has 1 spiro atoms. The van der Waals surface area contributed by atoms with Gasteiger partial charge in [0.25, 0.3) is 0 Å². The fourth-order valence-corrected chi connectivity index (χ4v) is 6.78.